The first-order chi connectivity index (χ1) is 19.8. The maximum Gasteiger partial charge on any atom is 0.118 e. The van der Waals surface area contributed by atoms with Gasteiger partial charge in [0.2, 0.25) is 0 Å². The predicted octanol–water partition coefficient (Wildman–Crippen LogP) is 7.76. The Morgan fingerprint density at radius 3 is 1.39 bits per heavy atom. The molecule has 2 nitrogen and oxygen atoms in total. The first kappa shape index (κ1) is 29.3. The maximum atomic E-state index is 5.51. The van der Waals surface area contributed by atoms with Gasteiger partial charge in [0.15, 0.2) is 0 Å². The molecule has 0 spiro atoms. The van der Waals surface area contributed by atoms with Crippen LogP contribution in [0.2, 0.25) is 0 Å². The van der Waals surface area contributed by atoms with E-state index in [0.717, 1.165) is 11.5 Å². The topological polar surface area (TPSA) is 18.5 Å². The highest BCUT2D eigenvalue weighted by Gasteiger charge is 2.34. The molecule has 1 aliphatic carbocycles. The Hall–Kier alpha value is -3.18. The van der Waals surface area contributed by atoms with Crippen molar-refractivity contribution < 1.29 is 9.47 Å². The molecule has 1 aliphatic rings. The van der Waals surface area contributed by atoms with E-state index in [9.17, 15) is 0 Å². The van der Waals surface area contributed by atoms with Crippen molar-refractivity contribution in [2.45, 2.75) is 45.9 Å². The lowest BCUT2D eigenvalue weighted by Crippen LogP contribution is -2.28. The standard InChI is InChI=1S/C37H40O2P2/c1-25-19-26(2)22-34(21-25)40(35-23-27(3)20-28(4)24-35)29(5)36-9-8-10-37(36)41(32-15-11-30(38-6)12-16-32)33-17-13-31(39-7)14-18-33/h8-24,29,37H,1-7H3. The monoisotopic (exact) mass is 578 g/mol. The fourth-order valence-corrected chi connectivity index (χ4v) is 12.0. The van der Waals surface area contributed by atoms with Crippen molar-refractivity contribution in [3.63, 3.8) is 0 Å². The maximum absolute atomic E-state index is 5.51. The van der Waals surface area contributed by atoms with E-state index in [1.807, 2.05) is 0 Å². The van der Waals surface area contributed by atoms with Gasteiger partial charge in [0.25, 0.3) is 0 Å². The smallest absolute Gasteiger partial charge is 0.118 e. The van der Waals surface area contributed by atoms with Crippen LogP contribution < -0.4 is 30.7 Å². The lowest BCUT2D eigenvalue weighted by molar-refractivity contribution is 0.415. The summed E-state index contributed by atoms with van der Waals surface area (Å²) >= 11 is 0. The molecule has 2 atom stereocenters. The van der Waals surface area contributed by atoms with Gasteiger partial charge in [0, 0.05) is 11.3 Å². The van der Waals surface area contributed by atoms with E-state index in [1.54, 1.807) is 14.2 Å². The lowest BCUT2D eigenvalue weighted by Gasteiger charge is -2.34. The van der Waals surface area contributed by atoms with E-state index in [2.05, 4.69) is 138 Å². The van der Waals surface area contributed by atoms with Crippen molar-refractivity contribution in [2.75, 3.05) is 14.2 Å². The van der Waals surface area contributed by atoms with Crippen molar-refractivity contribution in [1.82, 2.24) is 0 Å². The molecule has 0 aliphatic heterocycles. The highest BCUT2D eigenvalue weighted by molar-refractivity contribution is 7.75. The Bertz CT molecular complexity index is 1430. The number of aryl methyl sites for hydroxylation is 4. The highest BCUT2D eigenvalue weighted by Crippen LogP contribution is 2.53. The Morgan fingerprint density at radius 2 is 1.00 bits per heavy atom. The van der Waals surface area contributed by atoms with E-state index >= 15 is 0 Å². The van der Waals surface area contributed by atoms with Crippen LogP contribution >= 0.6 is 15.8 Å². The van der Waals surface area contributed by atoms with Gasteiger partial charge >= 0.3 is 0 Å². The zero-order chi connectivity index (χ0) is 29.1. The molecule has 41 heavy (non-hydrogen) atoms. The summed E-state index contributed by atoms with van der Waals surface area (Å²) in [6.07, 6.45) is 7.12. The molecule has 0 heterocycles. The minimum absolute atomic E-state index is 0.309. The average Bonchev–Trinajstić information content (AvgIpc) is 3.42. The van der Waals surface area contributed by atoms with Gasteiger partial charge in [-0.2, -0.15) is 0 Å². The minimum Gasteiger partial charge on any atom is -0.497 e. The Morgan fingerprint density at radius 1 is 0.585 bits per heavy atom. The van der Waals surface area contributed by atoms with Crippen LogP contribution in [-0.4, -0.2) is 25.5 Å². The van der Waals surface area contributed by atoms with E-state index in [4.69, 9.17) is 9.47 Å². The zero-order valence-corrected chi connectivity index (χ0v) is 27.0. The molecule has 0 aromatic heterocycles. The molecule has 5 rings (SSSR count). The highest BCUT2D eigenvalue weighted by atomic mass is 31.1. The Balaban J connectivity index is 1.61. The number of methoxy groups -OCH3 is 2. The Kier molecular flexibility index (Phi) is 9.13. The number of allylic oxidation sites excluding steroid dienone is 4. The summed E-state index contributed by atoms with van der Waals surface area (Å²) in [7, 11) is 2.12. The van der Waals surface area contributed by atoms with Crippen LogP contribution in [0.3, 0.4) is 0 Å². The third-order valence-electron chi connectivity index (χ3n) is 7.74. The molecule has 0 saturated heterocycles. The van der Waals surface area contributed by atoms with Gasteiger partial charge in [-0.1, -0.05) is 114 Å². The normalized spacial score (nSPS) is 15.3. The molecular formula is C37H40O2P2. The summed E-state index contributed by atoms with van der Waals surface area (Å²) in [4.78, 5) is 0. The third kappa shape index (κ3) is 6.51. The van der Waals surface area contributed by atoms with Gasteiger partial charge in [0.05, 0.1) is 14.2 Å². The van der Waals surface area contributed by atoms with Gasteiger partial charge in [0.1, 0.15) is 11.5 Å². The molecule has 0 amide bonds. The van der Waals surface area contributed by atoms with Crippen LogP contribution in [-0.2, 0) is 0 Å². The van der Waals surface area contributed by atoms with Crippen molar-refractivity contribution in [3.05, 3.63) is 131 Å². The molecule has 4 aromatic rings. The molecule has 4 heteroatoms. The van der Waals surface area contributed by atoms with Gasteiger partial charge in [-0.3, -0.25) is 0 Å². The van der Waals surface area contributed by atoms with Gasteiger partial charge in [-0.25, -0.2) is 0 Å². The molecule has 4 aromatic carbocycles. The van der Waals surface area contributed by atoms with Crippen LogP contribution in [0.4, 0.5) is 0 Å². The van der Waals surface area contributed by atoms with Crippen LogP contribution in [0.5, 0.6) is 11.5 Å². The second-order valence-electron chi connectivity index (χ2n) is 11.0. The van der Waals surface area contributed by atoms with Gasteiger partial charge in [-0.05, 0) is 89.0 Å². The molecule has 0 fully saturated rings. The van der Waals surface area contributed by atoms with Crippen molar-refractivity contribution >= 4 is 37.1 Å². The SMILES string of the molecule is COc1ccc(P(c2ccc(OC)cc2)C2C=CC=C2C(C)P(c2cc(C)cc(C)c2)c2cc(C)cc(C)c2)cc1. The second-order valence-corrected chi connectivity index (χ2v) is 15.9. The molecule has 0 radical (unpaired) electrons. The van der Waals surface area contributed by atoms with Gasteiger partial charge < -0.3 is 9.47 Å². The van der Waals surface area contributed by atoms with Crippen LogP contribution in [0.25, 0.3) is 0 Å². The van der Waals surface area contributed by atoms with Crippen molar-refractivity contribution in [2.24, 2.45) is 0 Å². The first-order valence-corrected chi connectivity index (χ1v) is 17.0. The third-order valence-corrected chi connectivity index (χ3v) is 13.2. The van der Waals surface area contributed by atoms with E-state index in [-0.39, 0.29) is 0 Å². The number of hydrogen-bond donors (Lipinski definition) is 0. The average molecular weight is 579 g/mol. The largest absolute Gasteiger partial charge is 0.497 e. The molecule has 210 valence electrons. The van der Waals surface area contributed by atoms with E-state index in [1.165, 1.54) is 49.0 Å². The van der Waals surface area contributed by atoms with Gasteiger partial charge in [-0.15, -0.1) is 0 Å². The lowest BCUT2D eigenvalue weighted by atomic mass is 10.1. The summed E-state index contributed by atoms with van der Waals surface area (Å²) in [5, 5.41) is 5.62. The molecule has 0 bridgehead atoms. The summed E-state index contributed by atoms with van der Waals surface area (Å²) in [6, 6.07) is 31.6. The van der Waals surface area contributed by atoms with Crippen LogP contribution in [0, 0.1) is 27.7 Å². The number of rotatable bonds is 9. The van der Waals surface area contributed by atoms with Crippen LogP contribution in [0.1, 0.15) is 29.2 Å². The van der Waals surface area contributed by atoms with E-state index in [0.29, 0.717) is 11.3 Å². The molecular weight excluding hydrogens is 538 g/mol. The number of hydrogen-bond acceptors (Lipinski definition) is 2. The quantitative estimate of drug-likeness (QED) is 0.189. The number of ether oxygens (including phenoxy) is 2. The first-order valence-electron chi connectivity index (χ1n) is 14.2. The molecule has 2 unspecified atom stereocenters. The summed E-state index contributed by atoms with van der Waals surface area (Å²) in [5.41, 5.74) is 7.52. The fraction of sp³-hybridized carbons (Fsp3) is 0.243. The summed E-state index contributed by atoms with van der Waals surface area (Å²) < 4.78 is 11.0. The zero-order valence-electron chi connectivity index (χ0n) is 25.2. The number of benzene rings is 4. The fourth-order valence-electron chi connectivity index (χ4n) is 5.98. The summed E-state index contributed by atoms with van der Waals surface area (Å²) in [5.74, 6) is 1.77. The molecule has 0 saturated carbocycles. The predicted molar refractivity (Wildman–Crippen MR) is 181 cm³/mol. The van der Waals surface area contributed by atoms with E-state index < -0.39 is 15.8 Å². The molecule has 0 N–H and O–H groups in total. The summed E-state index contributed by atoms with van der Waals surface area (Å²) in [6.45, 7) is 11.4. The van der Waals surface area contributed by atoms with Crippen LogP contribution in [0.15, 0.2) is 109 Å². The Labute approximate surface area is 248 Å². The second kappa shape index (κ2) is 12.8. The van der Waals surface area contributed by atoms with Crippen molar-refractivity contribution in [3.8, 4) is 11.5 Å². The minimum atomic E-state index is -0.702. The van der Waals surface area contributed by atoms with Crippen molar-refractivity contribution in [1.29, 1.82) is 0 Å².